The molecule has 0 bridgehead atoms. The molecule has 5 heteroatoms. The SMILES string of the molecule is CC(N)CC(=O)c1ccc2c(c1)NC(=O)CO2. The second kappa shape index (κ2) is 4.55. The van der Waals surface area contributed by atoms with E-state index in [0.717, 1.165) is 0 Å². The largest absolute Gasteiger partial charge is 0.482 e. The fourth-order valence-corrected chi connectivity index (χ4v) is 1.67. The van der Waals surface area contributed by atoms with Gasteiger partial charge in [0.1, 0.15) is 5.75 Å². The third kappa shape index (κ3) is 2.62. The summed E-state index contributed by atoms with van der Waals surface area (Å²) < 4.78 is 5.20. The molecule has 0 radical (unpaired) electrons. The Balaban J connectivity index is 2.23. The molecule has 0 spiro atoms. The predicted molar refractivity (Wildman–Crippen MR) is 63.2 cm³/mol. The highest BCUT2D eigenvalue weighted by molar-refractivity contribution is 6.00. The number of fused-ring (bicyclic) bond motifs is 1. The Labute approximate surface area is 98.9 Å². The lowest BCUT2D eigenvalue weighted by molar-refractivity contribution is -0.118. The zero-order chi connectivity index (χ0) is 12.4. The molecule has 1 aliphatic heterocycles. The monoisotopic (exact) mass is 234 g/mol. The van der Waals surface area contributed by atoms with Crippen molar-refractivity contribution >= 4 is 17.4 Å². The van der Waals surface area contributed by atoms with E-state index in [1.54, 1.807) is 25.1 Å². The van der Waals surface area contributed by atoms with Crippen LogP contribution in [0, 0.1) is 0 Å². The molecular formula is C12H14N2O3. The second-order valence-electron chi connectivity index (χ2n) is 4.15. The van der Waals surface area contributed by atoms with Gasteiger partial charge in [-0.15, -0.1) is 0 Å². The Bertz CT molecular complexity index is 469. The van der Waals surface area contributed by atoms with Gasteiger partial charge in [-0.25, -0.2) is 0 Å². The summed E-state index contributed by atoms with van der Waals surface area (Å²) in [6.45, 7) is 1.79. The van der Waals surface area contributed by atoms with Gasteiger partial charge in [0.25, 0.3) is 5.91 Å². The highest BCUT2D eigenvalue weighted by Crippen LogP contribution is 2.28. The van der Waals surface area contributed by atoms with Crippen molar-refractivity contribution in [3.05, 3.63) is 23.8 Å². The molecule has 90 valence electrons. The number of ether oxygens (including phenoxy) is 1. The number of nitrogens with two attached hydrogens (primary N) is 1. The Hall–Kier alpha value is -1.88. The van der Waals surface area contributed by atoms with Crippen molar-refractivity contribution in [1.82, 2.24) is 0 Å². The van der Waals surface area contributed by atoms with Crippen LogP contribution < -0.4 is 15.8 Å². The molecule has 17 heavy (non-hydrogen) atoms. The smallest absolute Gasteiger partial charge is 0.262 e. The van der Waals surface area contributed by atoms with Gasteiger partial charge in [-0.1, -0.05) is 0 Å². The second-order valence-corrected chi connectivity index (χ2v) is 4.15. The van der Waals surface area contributed by atoms with E-state index >= 15 is 0 Å². The predicted octanol–water partition coefficient (Wildman–Crippen LogP) is 0.938. The van der Waals surface area contributed by atoms with Crippen molar-refractivity contribution in [3.8, 4) is 5.75 Å². The lowest BCUT2D eigenvalue weighted by Crippen LogP contribution is -2.25. The minimum Gasteiger partial charge on any atom is -0.482 e. The minimum atomic E-state index is -0.214. The fourth-order valence-electron chi connectivity index (χ4n) is 1.67. The van der Waals surface area contributed by atoms with E-state index in [-0.39, 0.29) is 30.8 Å². The molecule has 1 aromatic carbocycles. The van der Waals surface area contributed by atoms with Crippen molar-refractivity contribution in [2.45, 2.75) is 19.4 Å². The summed E-state index contributed by atoms with van der Waals surface area (Å²) in [7, 11) is 0. The van der Waals surface area contributed by atoms with E-state index in [1.807, 2.05) is 0 Å². The van der Waals surface area contributed by atoms with E-state index in [0.29, 0.717) is 17.0 Å². The van der Waals surface area contributed by atoms with Gasteiger partial charge in [0.15, 0.2) is 12.4 Å². The summed E-state index contributed by atoms with van der Waals surface area (Å²) in [6.07, 6.45) is 0.285. The molecule has 2 rings (SSSR count). The van der Waals surface area contributed by atoms with Gasteiger partial charge < -0.3 is 15.8 Å². The standard InChI is InChI=1S/C12H14N2O3/c1-7(13)4-10(15)8-2-3-11-9(5-8)14-12(16)6-17-11/h2-3,5,7H,4,6,13H2,1H3,(H,14,16). The van der Waals surface area contributed by atoms with Crippen LogP contribution in [0.4, 0.5) is 5.69 Å². The molecule has 0 fully saturated rings. The minimum absolute atomic E-state index is 0.0140. The first kappa shape index (κ1) is 11.6. The molecule has 0 aliphatic carbocycles. The van der Waals surface area contributed by atoms with Crippen LogP contribution in [0.2, 0.25) is 0 Å². The summed E-state index contributed by atoms with van der Waals surface area (Å²) >= 11 is 0. The number of hydrogen-bond donors (Lipinski definition) is 2. The first-order chi connectivity index (χ1) is 8.06. The lowest BCUT2D eigenvalue weighted by atomic mass is 10.0. The lowest BCUT2D eigenvalue weighted by Gasteiger charge is -2.18. The average molecular weight is 234 g/mol. The molecule has 3 N–H and O–H groups in total. The van der Waals surface area contributed by atoms with Crippen molar-refractivity contribution in [3.63, 3.8) is 0 Å². The Kier molecular flexibility index (Phi) is 3.10. The molecule has 1 atom stereocenters. The highest BCUT2D eigenvalue weighted by atomic mass is 16.5. The van der Waals surface area contributed by atoms with Crippen LogP contribution in [0.5, 0.6) is 5.75 Å². The Morgan fingerprint density at radius 2 is 2.35 bits per heavy atom. The fraction of sp³-hybridized carbons (Fsp3) is 0.333. The summed E-state index contributed by atoms with van der Waals surface area (Å²) in [6, 6.07) is 4.81. The van der Waals surface area contributed by atoms with E-state index in [1.165, 1.54) is 0 Å². The number of hydrogen-bond acceptors (Lipinski definition) is 4. The van der Waals surface area contributed by atoms with Gasteiger partial charge in [-0.3, -0.25) is 9.59 Å². The van der Waals surface area contributed by atoms with Crippen LogP contribution in [0.25, 0.3) is 0 Å². The number of carbonyl (C=O) groups is 2. The number of carbonyl (C=O) groups excluding carboxylic acids is 2. The number of ketones is 1. The number of anilines is 1. The van der Waals surface area contributed by atoms with Crippen LogP contribution in [0.15, 0.2) is 18.2 Å². The van der Waals surface area contributed by atoms with Gasteiger partial charge in [-0.05, 0) is 25.1 Å². The maximum Gasteiger partial charge on any atom is 0.262 e. The first-order valence-corrected chi connectivity index (χ1v) is 5.42. The number of Topliss-reactive ketones (excluding diaryl/α,β-unsaturated/α-hetero) is 1. The zero-order valence-electron chi connectivity index (χ0n) is 9.53. The van der Waals surface area contributed by atoms with E-state index in [2.05, 4.69) is 5.32 Å². The van der Waals surface area contributed by atoms with Crippen molar-refractivity contribution < 1.29 is 14.3 Å². The number of nitrogens with one attached hydrogen (secondary N) is 1. The Morgan fingerprint density at radius 3 is 3.06 bits per heavy atom. The molecule has 1 aliphatic rings. The van der Waals surface area contributed by atoms with Crippen LogP contribution in [-0.4, -0.2) is 24.3 Å². The van der Waals surface area contributed by atoms with Crippen LogP contribution in [0.1, 0.15) is 23.7 Å². The number of rotatable bonds is 3. The summed E-state index contributed by atoms with van der Waals surface area (Å²) in [5.74, 6) is 0.332. The van der Waals surface area contributed by atoms with E-state index < -0.39 is 0 Å². The van der Waals surface area contributed by atoms with E-state index in [4.69, 9.17) is 10.5 Å². The molecule has 1 heterocycles. The van der Waals surface area contributed by atoms with Crippen molar-refractivity contribution in [2.75, 3.05) is 11.9 Å². The maximum absolute atomic E-state index is 11.8. The molecule has 5 nitrogen and oxygen atoms in total. The maximum atomic E-state index is 11.8. The van der Waals surface area contributed by atoms with Crippen LogP contribution >= 0.6 is 0 Å². The Morgan fingerprint density at radius 1 is 1.59 bits per heavy atom. The number of benzene rings is 1. The summed E-state index contributed by atoms with van der Waals surface area (Å²) in [5.41, 5.74) is 6.65. The van der Waals surface area contributed by atoms with Crippen LogP contribution in [-0.2, 0) is 4.79 Å². The van der Waals surface area contributed by atoms with Gasteiger partial charge >= 0.3 is 0 Å². The van der Waals surface area contributed by atoms with Gasteiger partial charge in [-0.2, -0.15) is 0 Å². The molecule has 0 saturated carbocycles. The summed E-state index contributed by atoms with van der Waals surface area (Å²) in [4.78, 5) is 22.9. The van der Waals surface area contributed by atoms with Crippen molar-refractivity contribution in [2.24, 2.45) is 5.73 Å². The normalized spacial score (nSPS) is 15.5. The van der Waals surface area contributed by atoms with Crippen molar-refractivity contribution in [1.29, 1.82) is 0 Å². The van der Waals surface area contributed by atoms with Gasteiger partial charge in [0.05, 0.1) is 5.69 Å². The highest BCUT2D eigenvalue weighted by Gasteiger charge is 2.18. The first-order valence-electron chi connectivity index (χ1n) is 5.42. The quantitative estimate of drug-likeness (QED) is 0.762. The van der Waals surface area contributed by atoms with E-state index in [9.17, 15) is 9.59 Å². The zero-order valence-corrected chi connectivity index (χ0v) is 9.53. The topological polar surface area (TPSA) is 81.4 Å². The average Bonchev–Trinajstić information content (AvgIpc) is 2.27. The number of amides is 1. The molecule has 1 unspecified atom stereocenters. The molecular weight excluding hydrogens is 220 g/mol. The van der Waals surface area contributed by atoms with Crippen LogP contribution in [0.3, 0.4) is 0 Å². The third-order valence-electron chi connectivity index (χ3n) is 2.44. The third-order valence-corrected chi connectivity index (χ3v) is 2.44. The van der Waals surface area contributed by atoms with Gasteiger partial charge in [0.2, 0.25) is 0 Å². The molecule has 1 amide bonds. The molecule has 1 aromatic rings. The summed E-state index contributed by atoms with van der Waals surface area (Å²) in [5, 5.41) is 2.66. The molecule has 0 aromatic heterocycles. The molecule has 0 saturated heterocycles. The van der Waals surface area contributed by atoms with Gasteiger partial charge in [0, 0.05) is 18.0 Å².